The molecule has 1 N–H and O–H groups in total. The summed E-state index contributed by atoms with van der Waals surface area (Å²) < 4.78 is 12.9. The lowest BCUT2D eigenvalue weighted by atomic mass is 9.79. The predicted molar refractivity (Wildman–Crippen MR) is 260 cm³/mol. The van der Waals surface area contributed by atoms with Crippen molar-refractivity contribution in [1.29, 1.82) is 0 Å². The van der Waals surface area contributed by atoms with Crippen LogP contribution in [0.25, 0.3) is 11.1 Å². The zero-order valence-electron chi connectivity index (χ0n) is 37.1. The van der Waals surface area contributed by atoms with Crippen molar-refractivity contribution in [3.63, 3.8) is 0 Å². The van der Waals surface area contributed by atoms with Gasteiger partial charge in [-0.15, -0.1) is 0 Å². The van der Waals surface area contributed by atoms with Gasteiger partial charge in [0.2, 0.25) is 0 Å². The van der Waals surface area contributed by atoms with E-state index in [9.17, 15) is 9.59 Å². The Morgan fingerprint density at radius 2 is 1.12 bits per heavy atom. The Bertz CT molecular complexity index is 2360. The third-order valence-corrected chi connectivity index (χ3v) is 13.8. The maximum absolute atomic E-state index is 14.8. The number of hydrogen-bond donors (Lipinski definition) is 1. The Morgan fingerprint density at radius 1 is 0.594 bits per heavy atom. The molecule has 1 fully saturated rings. The quantitative estimate of drug-likeness (QED) is 0.0875. The molecule has 1 unspecified atom stereocenters. The van der Waals surface area contributed by atoms with Crippen molar-refractivity contribution in [3.05, 3.63) is 202 Å². The van der Waals surface area contributed by atoms with E-state index in [-0.39, 0.29) is 18.9 Å². The van der Waals surface area contributed by atoms with Crippen LogP contribution in [0.1, 0.15) is 128 Å². The number of halogens is 1. The molecule has 0 radical (unpaired) electrons. The Labute approximate surface area is 385 Å². The van der Waals surface area contributed by atoms with Crippen LogP contribution in [-0.4, -0.2) is 24.7 Å². The predicted octanol–water partition coefficient (Wildman–Crippen LogP) is 14.6. The molecule has 6 heteroatoms. The lowest BCUT2D eigenvalue weighted by molar-refractivity contribution is -0.154. The number of hydrogen-bond acceptors (Lipinski definition) is 4. The van der Waals surface area contributed by atoms with Gasteiger partial charge in [-0.25, -0.2) is 4.79 Å². The van der Waals surface area contributed by atoms with E-state index in [4.69, 9.17) is 21.1 Å². The smallest absolute Gasteiger partial charge is 0.407 e. The van der Waals surface area contributed by atoms with Crippen LogP contribution in [0, 0.1) is 5.92 Å². The average molecular weight is 873 g/mol. The minimum absolute atomic E-state index is 0.0736. The Kier molecular flexibility index (Phi) is 15.7. The molecule has 2 aliphatic rings. The van der Waals surface area contributed by atoms with Gasteiger partial charge in [0, 0.05) is 33.7 Å². The minimum atomic E-state index is -1.36. The SMILES string of the molecule is O=C(C[C@@H](CCc1ccccc1)NC(=O)OCC1c2ccccc2-c2ccccc21)OC(c1ccccc1)(c1ccc(CC2CCCCCCCCCCC2)cc1)c1ccccc1Cl. The van der Waals surface area contributed by atoms with E-state index in [1.54, 1.807) is 0 Å². The average Bonchev–Trinajstić information content (AvgIpc) is 3.64. The number of esters is 1. The van der Waals surface area contributed by atoms with Gasteiger partial charge in [0.25, 0.3) is 0 Å². The van der Waals surface area contributed by atoms with E-state index in [1.165, 1.54) is 76.2 Å². The second-order valence-electron chi connectivity index (χ2n) is 17.9. The number of rotatable bonds is 14. The maximum atomic E-state index is 14.8. The van der Waals surface area contributed by atoms with Crippen molar-refractivity contribution in [1.82, 2.24) is 5.32 Å². The number of fused-ring (bicyclic) bond motifs is 3. The second-order valence-corrected chi connectivity index (χ2v) is 18.3. The lowest BCUT2D eigenvalue weighted by Crippen LogP contribution is -2.41. The monoisotopic (exact) mass is 871 g/mol. The fourth-order valence-electron chi connectivity index (χ4n) is 10.2. The Balaban J connectivity index is 1.05. The molecule has 0 aliphatic heterocycles. The van der Waals surface area contributed by atoms with Crippen molar-refractivity contribution < 1.29 is 19.1 Å². The van der Waals surface area contributed by atoms with Gasteiger partial charge in [0.05, 0.1) is 6.42 Å². The first-order chi connectivity index (χ1) is 31.5. The third kappa shape index (κ3) is 11.2. The molecule has 6 aromatic carbocycles. The molecule has 0 spiro atoms. The summed E-state index contributed by atoms with van der Waals surface area (Å²) in [5.41, 5.74) is 7.92. The normalized spacial score (nSPS) is 16.2. The number of carbonyl (C=O) groups excluding carboxylic acids is 2. The standard InChI is InChI=1S/C58H62ClNO4/c59-55-33-21-20-32-54(55)58(46-26-14-9-15-27-46,47-37-34-45(35-38-47)40-44-24-10-6-4-2-1-3-5-7-11-25-44)64-56(61)41-48(39-36-43-22-12-8-13-23-43)60-57(62)63-42-53-51-30-18-16-28-49(51)50-29-17-19-31-52(50)53/h8-9,12-23,26-35,37-38,44,48,53H,1-7,10-11,24-25,36,39-42H2,(H,60,62)/t48-,58?/m1/s1. The topological polar surface area (TPSA) is 64.6 Å². The second kappa shape index (κ2) is 22.3. The summed E-state index contributed by atoms with van der Waals surface area (Å²) in [5.74, 6) is 0.111. The van der Waals surface area contributed by atoms with E-state index in [2.05, 4.69) is 66.0 Å². The highest BCUT2D eigenvalue weighted by Crippen LogP contribution is 2.46. The number of ether oxygens (including phenoxy) is 2. The first-order valence-electron chi connectivity index (χ1n) is 23.7. The summed E-state index contributed by atoms with van der Waals surface area (Å²) in [5, 5.41) is 3.58. The summed E-state index contributed by atoms with van der Waals surface area (Å²) >= 11 is 7.11. The number of amides is 1. The zero-order valence-corrected chi connectivity index (χ0v) is 37.8. The van der Waals surface area contributed by atoms with Crippen molar-refractivity contribution in [3.8, 4) is 11.1 Å². The van der Waals surface area contributed by atoms with Crippen LogP contribution in [0.3, 0.4) is 0 Å². The summed E-state index contributed by atoms with van der Waals surface area (Å²) in [6, 6.07) is 52.3. The van der Waals surface area contributed by atoms with Gasteiger partial charge in [-0.05, 0) is 64.6 Å². The van der Waals surface area contributed by atoms with Gasteiger partial charge >= 0.3 is 12.1 Å². The number of alkyl carbamates (subject to hydrolysis) is 1. The third-order valence-electron chi connectivity index (χ3n) is 13.5. The van der Waals surface area contributed by atoms with Crippen LogP contribution < -0.4 is 5.32 Å². The molecule has 0 heterocycles. The highest BCUT2D eigenvalue weighted by atomic mass is 35.5. The van der Waals surface area contributed by atoms with Gasteiger partial charge in [-0.2, -0.15) is 0 Å². The van der Waals surface area contributed by atoms with Gasteiger partial charge < -0.3 is 14.8 Å². The number of aryl methyl sites for hydroxylation is 1. The molecular formula is C58H62ClNO4. The van der Waals surface area contributed by atoms with Crippen molar-refractivity contribution in [2.24, 2.45) is 5.92 Å². The Morgan fingerprint density at radius 3 is 1.75 bits per heavy atom. The number of carbonyl (C=O) groups is 2. The summed E-state index contributed by atoms with van der Waals surface area (Å²) in [6.07, 6.45) is 16.2. The fourth-order valence-corrected chi connectivity index (χ4v) is 10.4. The van der Waals surface area contributed by atoms with Gasteiger partial charge in [0.1, 0.15) is 6.61 Å². The molecule has 5 nitrogen and oxygen atoms in total. The highest BCUT2D eigenvalue weighted by Gasteiger charge is 2.42. The van der Waals surface area contributed by atoms with Crippen LogP contribution in [0.4, 0.5) is 4.79 Å². The van der Waals surface area contributed by atoms with Crippen LogP contribution in [0.15, 0.2) is 158 Å². The number of nitrogens with one attached hydrogen (secondary N) is 1. The van der Waals surface area contributed by atoms with Crippen LogP contribution in [-0.2, 0) is 32.7 Å². The Hall–Kier alpha value is -5.65. The molecule has 0 saturated heterocycles. The molecule has 2 aliphatic carbocycles. The van der Waals surface area contributed by atoms with Crippen molar-refractivity contribution in [2.45, 2.75) is 114 Å². The highest BCUT2D eigenvalue weighted by molar-refractivity contribution is 6.31. The first kappa shape index (κ1) is 44.9. The summed E-state index contributed by atoms with van der Waals surface area (Å²) in [6.45, 7) is 0.177. The van der Waals surface area contributed by atoms with Crippen molar-refractivity contribution in [2.75, 3.05) is 6.61 Å². The van der Waals surface area contributed by atoms with Crippen LogP contribution in [0.2, 0.25) is 5.02 Å². The largest absolute Gasteiger partial charge is 0.449 e. The van der Waals surface area contributed by atoms with Crippen LogP contribution >= 0.6 is 11.6 Å². The summed E-state index contributed by atoms with van der Waals surface area (Å²) in [4.78, 5) is 28.6. The van der Waals surface area contributed by atoms with Gasteiger partial charge in [-0.1, -0.05) is 234 Å². The lowest BCUT2D eigenvalue weighted by Gasteiger charge is -2.36. The van der Waals surface area contributed by atoms with E-state index < -0.39 is 23.7 Å². The van der Waals surface area contributed by atoms with Gasteiger partial charge in [0.15, 0.2) is 5.60 Å². The molecule has 330 valence electrons. The fraction of sp³-hybridized carbons (Fsp3) is 0.345. The molecule has 64 heavy (non-hydrogen) atoms. The maximum Gasteiger partial charge on any atom is 0.407 e. The molecule has 1 saturated carbocycles. The number of benzene rings is 6. The molecule has 8 rings (SSSR count). The molecule has 6 aromatic rings. The minimum Gasteiger partial charge on any atom is -0.449 e. The van der Waals surface area contributed by atoms with E-state index in [0.29, 0.717) is 29.3 Å². The van der Waals surface area contributed by atoms with E-state index in [0.717, 1.165) is 45.4 Å². The first-order valence-corrected chi connectivity index (χ1v) is 24.1. The molecule has 0 aromatic heterocycles. The van der Waals surface area contributed by atoms with Crippen LogP contribution in [0.5, 0.6) is 0 Å². The van der Waals surface area contributed by atoms with Crippen molar-refractivity contribution >= 4 is 23.7 Å². The molecule has 2 atom stereocenters. The molecule has 1 amide bonds. The molecule has 0 bridgehead atoms. The van der Waals surface area contributed by atoms with Gasteiger partial charge in [-0.3, -0.25) is 4.79 Å². The van der Waals surface area contributed by atoms with E-state index in [1.807, 2.05) is 97.1 Å². The van der Waals surface area contributed by atoms with E-state index >= 15 is 0 Å². The summed E-state index contributed by atoms with van der Waals surface area (Å²) in [7, 11) is 0. The zero-order chi connectivity index (χ0) is 44.0. The molecular weight excluding hydrogens is 810 g/mol.